The third-order valence-electron chi connectivity index (χ3n) is 13.5. The molecule has 2 heterocycles. The molecule has 0 spiro atoms. The largest absolute Gasteiger partial charge is 0.359 e. The summed E-state index contributed by atoms with van der Waals surface area (Å²) in [6.07, 6.45) is 2.23. The zero-order valence-electron chi connectivity index (χ0n) is 35.8. The van der Waals surface area contributed by atoms with Crippen LogP contribution in [0, 0.1) is 0 Å². The van der Waals surface area contributed by atoms with Gasteiger partial charge in [-0.2, -0.15) is 0 Å². The topological polar surface area (TPSA) is 29.3 Å². The van der Waals surface area contributed by atoms with Crippen LogP contribution < -0.4 is 5.32 Å². The number of aliphatic imine (C=N–C) groups is 1. The van der Waals surface area contributed by atoms with Crippen LogP contribution >= 0.6 is 0 Å². The third kappa shape index (κ3) is 6.39. The van der Waals surface area contributed by atoms with E-state index in [2.05, 4.69) is 248 Å². The van der Waals surface area contributed by atoms with E-state index in [1.807, 2.05) is 0 Å². The van der Waals surface area contributed by atoms with Gasteiger partial charge in [-0.25, -0.2) is 4.99 Å². The zero-order valence-corrected chi connectivity index (χ0v) is 35.8. The Labute approximate surface area is 374 Å². The van der Waals surface area contributed by atoms with Crippen molar-refractivity contribution < 1.29 is 0 Å². The van der Waals surface area contributed by atoms with Crippen molar-refractivity contribution in [3.8, 4) is 50.2 Å². The van der Waals surface area contributed by atoms with Crippen molar-refractivity contribution in [2.45, 2.75) is 25.3 Å². The summed E-state index contributed by atoms with van der Waals surface area (Å²) in [6, 6.07) is 79.4. The van der Waals surface area contributed by atoms with Crippen molar-refractivity contribution in [1.29, 1.82) is 0 Å². The van der Waals surface area contributed by atoms with Crippen molar-refractivity contribution in [1.82, 2.24) is 9.88 Å². The molecule has 1 aliphatic carbocycles. The lowest BCUT2D eigenvalue weighted by Crippen LogP contribution is -2.31. The summed E-state index contributed by atoms with van der Waals surface area (Å²) in [4.78, 5) is 5.23. The minimum atomic E-state index is -0.0245. The Hall–Kier alpha value is -8.01. The van der Waals surface area contributed by atoms with Crippen LogP contribution in [0.4, 0.5) is 0 Å². The van der Waals surface area contributed by atoms with Crippen LogP contribution in [0.1, 0.15) is 47.7 Å². The molecule has 0 bridgehead atoms. The van der Waals surface area contributed by atoms with E-state index >= 15 is 0 Å². The van der Waals surface area contributed by atoms with Crippen LogP contribution in [-0.2, 0) is 5.41 Å². The maximum Gasteiger partial charge on any atom is 0.134 e. The van der Waals surface area contributed by atoms with Crippen LogP contribution in [0.5, 0.6) is 0 Å². The molecule has 0 radical (unpaired) electrons. The molecule has 3 nitrogen and oxygen atoms in total. The zero-order chi connectivity index (χ0) is 42.8. The van der Waals surface area contributed by atoms with Crippen molar-refractivity contribution in [2.75, 3.05) is 0 Å². The molecule has 12 rings (SSSR count). The first-order valence-electron chi connectivity index (χ1n) is 22.2. The van der Waals surface area contributed by atoms with Gasteiger partial charge in [-0.05, 0) is 109 Å². The van der Waals surface area contributed by atoms with Crippen molar-refractivity contribution in [3.05, 3.63) is 252 Å². The highest BCUT2D eigenvalue weighted by atomic mass is 15.1. The predicted molar refractivity (Wildman–Crippen MR) is 268 cm³/mol. The number of fused-ring (bicyclic) bond motifs is 6. The molecule has 1 aromatic heterocycles. The fourth-order valence-electron chi connectivity index (χ4n) is 10.1. The second-order valence-electron chi connectivity index (χ2n) is 17.6. The molecule has 1 unspecified atom stereocenters. The fraction of sp³-hybridized carbons (Fsp3) is 0.0656. The molecule has 1 N–H and O–H groups in total. The Balaban J connectivity index is 0.888. The Morgan fingerprint density at radius 1 is 0.422 bits per heavy atom. The van der Waals surface area contributed by atoms with Crippen LogP contribution in [0.3, 0.4) is 0 Å². The number of aromatic nitrogens is 1. The third-order valence-corrected chi connectivity index (χ3v) is 13.5. The summed E-state index contributed by atoms with van der Waals surface area (Å²) in [5.41, 5.74) is 20.4. The lowest BCUT2D eigenvalue weighted by molar-refractivity contribution is 0.660. The second kappa shape index (κ2) is 15.1. The molecule has 9 aromatic carbocycles. The molecule has 64 heavy (non-hydrogen) atoms. The smallest absolute Gasteiger partial charge is 0.134 e. The van der Waals surface area contributed by atoms with Gasteiger partial charge >= 0.3 is 0 Å². The summed E-state index contributed by atoms with van der Waals surface area (Å²) >= 11 is 0. The first-order valence-corrected chi connectivity index (χ1v) is 22.2. The van der Waals surface area contributed by atoms with Gasteiger partial charge < -0.3 is 9.88 Å². The fourth-order valence-corrected chi connectivity index (χ4v) is 10.1. The minimum Gasteiger partial charge on any atom is -0.359 e. The molecule has 0 fully saturated rings. The number of benzene rings is 9. The quantitative estimate of drug-likeness (QED) is 0.171. The minimum absolute atomic E-state index is 0.0202. The van der Waals surface area contributed by atoms with Crippen LogP contribution in [0.15, 0.2) is 229 Å². The maximum atomic E-state index is 5.23. The maximum absolute atomic E-state index is 5.23. The average molecular weight is 820 g/mol. The Kier molecular flexibility index (Phi) is 8.91. The Morgan fingerprint density at radius 3 is 1.81 bits per heavy atom. The average Bonchev–Trinajstić information content (AvgIpc) is 3.82. The van der Waals surface area contributed by atoms with Gasteiger partial charge in [0.25, 0.3) is 0 Å². The lowest BCUT2D eigenvalue weighted by Gasteiger charge is -2.25. The van der Waals surface area contributed by atoms with Crippen LogP contribution in [0.2, 0.25) is 0 Å². The molecular formula is C61H45N3. The highest BCUT2D eigenvalue weighted by Crippen LogP contribution is 2.49. The number of hydrogen-bond acceptors (Lipinski definition) is 2. The van der Waals surface area contributed by atoms with Gasteiger partial charge in [-0.1, -0.05) is 196 Å². The molecule has 304 valence electrons. The van der Waals surface area contributed by atoms with Gasteiger partial charge in [-0.3, -0.25) is 0 Å². The molecular weight excluding hydrogens is 775 g/mol. The van der Waals surface area contributed by atoms with Gasteiger partial charge in [0.15, 0.2) is 0 Å². The monoisotopic (exact) mass is 819 g/mol. The molecule has 0 saturated carbocycles. The van der Waals surface area contributed by atoms with Crippen molar-refractivity contribution in [2.24, 2.45) is 4.99 Å². The van der Waals surface area contributed by atoms with Gasteiger partial charge in [0.2, 0.25) is 0 Å². The van der Waals surface area contributed by atoms with Crippen molar-refractivity contribution >= 4 is 33.3 Å². The number of amidine groups is 1. The van der Waals surface area contributed by atoms with Crippen LogP contribution in [0.25, 0.3) is 77.7 Å². The first-order chi connectivity index (χ1) is 31.5. The predicted octanol–water partition coefficient (Wildman–Crippen LogP) is 15.2. The normalized spacial score (nSPS) is 15.0. The van der Waals surface area contributed by atoms with E-state index in [1.165, 1.54) is 77.5 Å². The van der Waals surface area contributed by atoms with E-state index < -0.39 is 0 Å². The molecule has 0 saturated heterocycles. The van der Waals surface area contributed by atoms with E-state index in [0.717, 1.165) is 33.9 Å². The summed E-state index contributed by atoms with van der Waals surface area (Å²) in [5.74, 6) is 0.852. The van der Waals surface area contributed by atoms with E-state index in [4.69, 9.17) is 4.99 Å². The summed E-state index contributed by atoms with van der Waals surface area (Å²) in [7, 11) is 0. The van der Waals surface area contributed by atoms with Crippen molar-refractivity contribution in [3.63, 3.8) is 0 Å². The highest BCUT2D eigenvalue weighted by molar-refractivity contribution is 6.11. The molecule has 10 aromatic rings. The molecule has 3 heteroatoms. The van der Waals surface area contributed by atoms with E-state index in [9.17, 15) is 0 Å². The summed E-state index contributed by atoms with van der Waals surface area (Å²) in [5, 5.41) is 6.22. The molecule has 2 aliphatic rings. The van der Waals surface area contributed by atoms with E-state index in [-0.39, 0.29) is 11.5 Å². The van der Waals surface area contributed by atoms with Gasteiger partial charge in [0.05, 0.1) is 22.8 Å². The number of nitrogens with one attached hydrogen (secondary N) is 1. The Bertz CT molecular complexity index is 3480. The number of nitrogens with zero attached hydrogens (tertiary/aromatic N) is 2. The summed E-state index contributed by atoms with van der Waals surface area (Å²) in [6.45, 7) is 4.69. The standard InChI is InChI=1S/C61H45N3/c1-61(2)54-25-11-9-23-50(54)51-33-31-46(37-55(51)61)41-29-27-40(28-30-41)44-19-13-20-45(35-44)47-32-34-53-52-24-10-12-26-58(52)64(59(53)38-47)49-22-14-21-48(36-49)60-62-56(42-15-5-3-6-16-42)39-57(63-60)43-17-7-4-8-18-43/h3-39,56H,1-2H3,(H,62,63). The number of rotatable bonds is 7. The Morgan fingerprint density at radius 2 is 1.00 bits per heavy atom. The van der Waals surface area contributed by atoms with Gasteiger partial charge in [-0.15, -0.1) is 0 Å². The van der Waals surface area contributed by atoms with E-state index in [1.54, 1.807) is 0 Å². The van der Waals surface area contributed by atoms with E-state index in [0.29, 0.717) is 0 Å². The number of hydrogen-bond donors (Lipinski definition) is 1. The molecule has 1 aliphatic heterocycles. The van der Waals surface area contributed by atoms with Gasteiger partial charge in [0.1, 0.15) is 5.84 Å². The highest BCUT2D eigenvalue weighted by Gasteiger charge is 2.35. The first kappa shape index (κ1) is 37.7. The SMILES string of the molecule is CC1(C)c2ccccc2-c2ccc(-c3ccc(-c4cccc(-c5ccc6c7ccccc7n(-c7cccc(C8=NC(c9ccccc9)=CC(c9ccccc9)N8)c7)c6c5)c4)cc3)cc21. The lowest BCUT2D eigenvalue weighted by atomic mass is 9.81. The summed E-state index contributed by atoms with van der Waals surface area (Å²) < 4.78 is 2.41. The molecule has 1 atom stereocenters. The number of para-hydroxylation sites is 1. The second-order valence-corrected chi connectivity index (χ2v) is 17.6. The molecule has 0 amide bonds. The van der Waals surface area contributed by atoms with Gasteiger partial charge in [0, 0.05) is 27.4 Å². The van der Waals surface area contributed by atoms with Crippen LogP contribution in [-0.4, -0.2) is 10.4 Å².